The molecule has 3 aromatic heterocycles. The van der Waals surface area contributed by atoms with Crippen molar-refractivity contribution in [3.8, 4) is 0 Å². The highest BCUT2D eigenvalue weighted by molar-refractivity contribution is 7.16. The molecule has 0 aliphatic carbocycles. The van der Waals surface area contributed by atoms with E-state index in [1.54, 1.807) is 23.9 Å². The summed E-state index contributed by atoms with van der Waals surface area (Å²) in [6.07, 6.45) is 7.43. The molecule has 5 heteroatoms. The fourth-order valence-electron chi connectivity index (χ4n) is 2.40. The van der Waals surface area contributed by atoms with Gasteiger partial charge in [0.05, 0.1) is 11.1 Å². The number of fused-ring (bicyclic) bond motifs is 1. The first-order valence-electron chi connectivity index (χ1n) is 7.53. The first kappa shape index (κ1) is 14.5. The molecule has 0 unspecified atom stereocenters. The molecule has 4 nitrogen and oxygen atoms in total. The second-order valence-electron chi connectivity index (χ2n) is 5.20. The number of aromatic nitrogens is 3. The van der Waals surface area contributed by atoms with Gasteiger partial charge >= 0.3 is 0 Å². The Kier molecular flexibility index (Phi) is 4.00. The van der Waals surface area contributed by atoms with Crippen LogP contribution in [0, 0.1) is 0 Å². The Labute approximate surface area is 143 Å². The lowest BCUT2D eigenvalue weighted by Crippen LogP contribution is -1.94. The molecule has 1 aromatic carbocycles. The maximum atomic E-state index is 4.35. The van der Waals surface area contributed by atoms with Crippen molar-refractivity contribution in [1.29, 1.82) is 0 Å². The van der Waals surface area contributed by atoms with Crippen LogP contribution in [0.15, 0.2) is 66.4 Å². The number of nitrogens with one attached hydrogen (secondary N) is 1. The molecule has 0 radical (unpaired) electrons. The molecular weight excluding hydrogens is 316 g/mol. The fourth-order valence-corrected chi connectivity index (χ4v) is 3.14. The van der Waals surface area contributed by atoms with E-state index in [0.717, 1.165) is 33.0 Å². The summed E-state index contributed by atoms with van der Waals surface area (Å²) < 4.78 is 0. The molecule has 1 N–H and O–H groups in total. The Morgan fingerprint density at radius 3 is 2.83 bits per heavy atom. The van der Waals surface area contributed by atoms with E-state index in [4.69, 9.17) is 0 Å². The van der Waals surface area contributed by atoms with E-state index in [-0.39, 0.29) is 0 Å². The number of anilines is 2. The van der Waals surface area contributed by atoms with Crippen LogP contribution in [-0.2, 0) is 0 Å². The van der Waals surface area contributed by atoms with Crippen LogP contribution in [0.3, 0.4) is 0 Å². The van der Waals surface area contributed by atoms with Crippen molar-refractivity contribution in [2.45, 2.75) is 0 Å². The van der Waals surface area contributed by atoms with E-state index < -0.39 is 0 Å². The topological polar surface area (TPSA) is 50.7 Å². The lowest BCUT2D eigenvalue weighted by molar-refractivity contribution is 1.23. The predicted octanol–water partition coefficient (Wildman–Crippen LogP) is 5.00. The van der Waals surface area contributed by atoms with Crippen molar-refractivity contribution < 1.29 is 0 Å². The van der Waals surface area contributed by atoms with Crippen LogP contribution in [0.4, 0.5) is 11.5 Å². The average Bonchev–Trinajstić information content (AvgIpc) is 3.11. The molecule has 0 aliphatic heterocycles. The highest BCUT2D eigenvalue weighted by Crippen LogP contribution is 2.26. The summed E-state index contributed by atoms with van der Waals surface area (Å²) in [5.41, 5.74) is 3.03. The SMILES string of the molecule is C(=C\c1ccccn1)/c1cccc(Nc2ncnc3sccc23)c1. The Hall–Kier alpha value is -3.05. The minimum absolute atomic E-state index is 0.826. The molecule has 0 atom stereocenters. The Morgan fingerprint density at radius 1 is 0.917 bits per heavy atom. The average molecular weight is 330 g/mol. The van der Waals surface area contributed by atoms with E-state index in [1.165, 1.54) is 0 Å². The van der Waals surface area contributed by atoms with Crippen molar-refractivity contribution in [1.82, 2.24) is 15.0 Å². The molecule has 0 saturated heterocycles. The van der Waals surface area contributed by atoms with Crippen LogP contribution in [0.2, 0.25) is 0 Å². The van der Waals surface area contributed by atoms with Gasteiger partial charge in [-0.3, -0.25) is 4.98 Å². The number of thiophene rings is 1. The van der Waals surface area contributed by atoms with Gasteiger partial charge in [-0.25, -0.2) is 9.97 Å². The van der Waals surface area contributed by atoms with E-state index in [2.05, 4.69) is 32.4 Å². The van der Waals surface area contributed by atoms with E-state index >= 15 is 0 Å². The highest BCUT2D eigenvalue weighted by atomic mass is 32.1. The van der Waals surface area contributed by atoms with Gasteiger partial charge in [-0.15, -0.1) is 11.3 Å². The second-order valence-corrected chi connectivity index (χ2v) is 6.09. The molecular formula is C19H14N4S. The van der Waals surface area contributed by atoms with Gasteiger partial charge in [0, 0.05) is 11.9 Å². The summed E-state index contributed by atoms with van der Waals surface area (Å²) in [6.45, 7) is 0. The minimum atomic E-state index is 0.826. The van der Waals surface area contributed by atoms with Crippen LogP contribution >= 0.6 is 11.3 Å². The zero-order valence-electron chi connectivity index (χ0n) is 12.8. The molecule has 0 spiro atoms. The Morgan fingerprint density at radius 2 is 1.92 bits per heavy atom. The summed E-state index contributed by atoms with van der Waals surface area (Å²) in [5.74, 6) is 0.826. The molecule has 0 aliphatic rings. The summed E-state index contributed by atoms with van der Waals surface area (Å²) in [6, 6.07) is 16.1. The quantitative estimate of drug-likeness (QED) is 0.572. The first-order chi connectivity index (χ1) is 11.9. The number of hydrogen-bond acceptors (Lipinski definition) is 5. The van der Waals surface area contributed by atoms with Gasteiger partial charge in [0.15, 0.2) is 0 Å². The first-order valence-corrected chi connectivity index (χ1v) is 8.41. The lowest BCUT2D eigenvalue weighted by atomic mass is 10.1. The lowest BCUT2D eigenvalue weighted by Gasteiger charge is -2.07. The van der Waals surface area contributed by atoms with E-state index in [0.29, 0.717) is 0 Å². The van der Waals surface area contributed by atoms with Crippen LogP contribution in [0.5, 0.6) is 0 Å². The van der Waals surface area contributed by atoms with Crippen LogP contribution in [-0.4, -0.2) is 15.0 Å². The largest absolute Gasteiger partial charge is 0.340 e. The molecule has 4 aromatic rings. The third-order valence-electron chi connectivity index (χ3n) is 3.55. The van der Waals surface area contributed by atoms with Gasteiger partial charge in [0.1, 0.15) is 17.0 Å². The summed E-state index contributed by atoms with van der Waals surface area (Å²) in [4.78, 5) is 13.9. The van der Waals surface area contributed by atoms with Gasteiger partial charge in [-0.05, 0) is 47.4 Å². The Bertz CT molecular complexity index is 992. The maximum Gasteiger partial charge on any atom is 0.142 e. The fraction of sp³-hybridized carbons (Fsp3) is 0. The summed E-state index contributed by atoms with van der Waals surface area (Å²) in [5, 5.41) is 6.44. The molecule has 0 saturated carbocycles. The van der Waals surface area contributed by atoms with Crippen molar-refractivity contribution in [2.24, 2.45) is 0 Å². The van der Waals surface area contributed by atoms with E-state index in [1.807, 2.05) is 53.9 Å². The number of nitrogens with zero attached hydrogens (tertiary/aromatic N) is 3. The molecule has 3 heterocycles. The standard InChI is InChI=1S/C19H14N4S/c1-2-10-20-15(5-1)8-7-14-4-3-6-16(12-14)23-18-17-9-11-24-19(17)22-13-21-18/h1-13H,(H,21,22,23)/b8-7+. The van der Waals surface area contributed by atoms with Crippen molar-refractivity contribution >= 4 is 45.2 Å². The molecule has 4 rings (SSSR count). The molecule has 116 valence electrons. The molecule has 0 bridgehead atoms. The molecule has 0 amide bonds. The van der Waals surface area contributed by atoms with Gasteiger partial charge in [0.2, 0.25) is 0 Å². The number of rotatable bonds is 4. The van der Waals surface area contributed by atoms with Gasteiger partial charge in [-0.1, -0.05) is 24.3 Å². The smallest absolute Gasteiger partial charge is 0.142 e. The van der Waals surface area contributed by atoms with Gasteiger partial charge < -0.3 is 5.32 Å². The van der Waals surface area contributed by atoms with Gasteiger partial charge in [0.25, 0.3) is 0 Å². The number of hydrogen-bond donors (Lipinski definition) is 1. The zero-order valence-corrected chi connectivity index (χ0v) is 13.6. The van der Waals surface area contributed by atoms with Crippen LogP contribution < -0.4 is 5.32 Å². The summed E-state index contributed by atoms with van der Waals surface area (Å²) >= 11 is 1.61. The van der Waals surface area contributed by atoms with Crippen LogP contribution in [0.1, 0.15) is 11.3 Å². The maximum absolute atomic E-state index is 4.35. The Balaban J connectivity index is 1.59. The molecule has 0 fully saturated rings. The third-order valence-corrected chi connectivity index (χ3v) is 4.37. The minimum Gasteiger partial charge on any atom is -0.340 e. The number of benzene rings is 1. The number of pyridine rings is 1. The van der Waals surface area contributed by atoms with Gasteiger partial charge in [-0.2, -0.15) is 0 Å². The van der Waals surface area contributed by atoms with Crippen molar-refractivity contribution in [3.05, 3.63) is 77.7 Å². The summed E-state index contributed by atoms with van der Waals surface area (Å²) in [7, 11) is 0. The third kappa shape index (κ3) is 3.16. The van der Waals surface area contributed by atoms with Crippen LogP contribution in [0.25, 0.3) is 22.4 Å². The van der Waals surface area contributed by atoms with Crippen molar-refractivity contribution in [2.75, 3.05) is 5.32 Å². The van der Waals surface area contributed by atoms with E-state index in [9.17, 15) is 0 Å². The van der Waals surface area contributed by atoms with Crippen molar-refractivity contribution in [3.63, 3.8) is 0 Å². The second kappa shape index (κ2) is 6.60. The highest BCUT2D eigenvalue weighted by Gasteiger charge is 2.04. The normalized spacial score (nSPS) is 11.2. The predicted molar refractivity (Wildman–Crippen MR) is 100 cm³/mol. The molecule has 24 heavy (non-hydrogen) atoms. The zero-order chi connectivity index (χ0) is 16.2. The monoisotopic (exact) mass is 330 g/mol.